The molecule has 0 radical (unpaired) electrons. The van der Waals surface area contributed by atoms with Gasteiger partial charge in [0.1, 0.15) is 0 Å². The first-order chi connectivity index (χ1) is 18.7. The second kappa shape index (κ2) is 9.11. The van der Waals surface area contributed by atoms with E-state index in [0.29, 0.717) is 0 Å². The summed E-state index contributed by atoms with van der Waals surface area (Å²) >= 11 is 0. The highest BCUT2D eigenvalue weighted by molar-refractivity contribution is 5.97. The summed E-state index contributed by atoms with van der Waals surface area (Å²) in [4.78, 5) is 12.3. The van der Waals surface area contributed by atoms with E-state index in [1.54, 1.807) is 0 Å². The van der Waals surface area contributed by atoms with Crippen LogP contribution in [-0.4, -0.2) is 173 Å². The Morgan fingerprint density at radius 2 is 1.14 bits per heavy atom. The standard InChI is InChI=1S/C19H27NO23/c1-42-7-3-6-5(2-8(7)43-19(39,40)41)11(23)13(26,27)9(21)10(22,4-20(11)16(31,32)12(6,24)25)15(29,30)14(28,17(33,34)35)18(36,37)38/h2-3,22-41H,4H2,1H3. The Morgan fingerprint density at radius 3 is 1.53 bits per heavy atom. The average molecular weight is 637 g/mol. The molecule has 3 rings (SSSR count). The predicted octanol–water partition coefficient (Wildman–Crippen LogP) is -12.4. The lowest BCUT2D eigenvalue weighted by atomic mass is 9.65. The number of fused-ring (bicyclic) bond motifs is 3. The number of ether oxygens (including phenoxy) is 2. The molecule has 0 saturated carbocycles. The van der Waals surface area contributed by atoms with Gasteiger partial charge in [-0.15, -0.1) is 0 Å². The third-order valence-electron chi connectivity index (χ3n) is 7.15. The minimum atomic E-state index is -5.65. The molecule has 2 aliphatic rings. The predicted molar refractivity (Wildman–Crippen MR) is 115 cm³/mol. The van der Waals surface area contributed by atoms with Crippen molar-refractivity contribution < 1.29 is 116 Å². The van der Waals surface area contributed by atoms with Gasteiger partial charge in [0.05, 0.1) is 7.11 Å². The van der Waals surface area contributed by atoms with E-state index >= 15 is 0 Å². The molecule has 0 aliphatic carbocycles. The second-order valence-corrected chi connectivity index (χ2v) is 9.81. The quantitative estimate of drug-likeness (QED) is 0.123. The number of benzene rings is 1. The number of ketones is 1. The molecule has 24 nitrogen and oxygen atoms in total. The normalized spacial score (nSPS) is 27.8. The van der Waals surface area contributed by atoms with E-state index in [1.807, 2.05) is 0 Å². The average Bonchev–Trinajstić information content (AvgIpc) is 2.80. The highest BCUT2D eigenvalue weighted by Gasteiger charge is 2.87. The molecule has 2 aliphatic heterocycles. The van der Waals surface area contributed by atoms with Gasteiger partial charge in [0.25, 0.3) is 23.1 Å². The van der Waals surface area contributed by atoms with Gasteiger partial charge in [-0.2, -0.15) is 0 Å². The van der Waals surface area contributed by atoms with Crippen LogP contribution in [0.3, 0.4) is 0 Å². The first-order valence-corrected chi connectivity index (χ1v) is 11.0. The van der Waals surface area contributed by atoms with Crippen LogP contribution in [-0.2, 0) is 16.3 Å². The maximum absolute atomic E-state index is 13.3. The molecule has 2 heterocycles. The molecule has 0 spiro atoms. The van der Waals surface area contributed by atoms with Gasteiger partial charge in [-0.25, -0.2) is 4.90 Å². The van der Waals surface area contributed by atoms with Crippen molar-refractivity contribution in [3.63, 3.8) is 0 Å². The second-order valence-electron chi connectivity index (χ2n) is 9.81. The van der Waals surface area contributed by atoms with E-state index in [0.717, 1.165) is 7.11 Å². The number of rotatable bonds is 7. The molecule has 0 aromatic heterocycles. The minimum absolute atomic E-state index is 0.107. The fourth-order valence-corrected chi connectivity index (χ4v) is 4.87. The van der Waals surface area contributed by atoms with Crippen LogP contribution in [0.1, 0.15) is 11.1 Å². The van der Waals surface area contributed by atoms with Crippen LogP contribution in [0, 0.1) is 0 Å². The van der Waals surface area contributed by atoms with Crippen molar-refractivity contribution >= 4 is 5.78 Å². The van der Waals surface area contributed by atoms with E-state index in [4.69, 9.17) is 4.74 Å². The van der Waals surface area contributed by atoms with E-state index in [9.17, 15) is 107 Å². The van der Waals surface area contributed by atoms with E-state index in [-0.39, 0.29) is 12.1 Å². The minimum Gasteiger partial charge on any atom is -0.493 e. The Balaban J connectivity index is 2.47. The molecule has 1 saturated heterocycles. The summed E-state index contributed by atoms with van der Waals surface area (Å²) in [6.07, 6.45) is -4.10. The molecule has 246 valence electrons. The van der Waals surface area contributed by atoms with Crippen molar-refractivity contribution in [1.29, 1.82) is 0 Å². The first kappa shape index (κ1) is 35.1. The summed E-state index contributed by atoms with van der Waals surface area (Å²) in [6, 6.07) is 0.361. The zero-order chi connectivity index (χ0) is 34.0. The zero-order valence-corrected chi connectivity index (χ0v) is 21.0. The van der Waals surface area contributed by atoms with Crippen LogP contribution < -0.4 is 9.47 Å². The van der Waals surface area contributed by atoms with Crippen LogP contribution in [0.5, 0.6) is 11.5 Å². The molecule has 1 aromatic rings. The van der Waals surface area contributed by atoms with Crippen molar-refractivity contribution in [2.24, 2.45) is 0 Å². The van der Waals surface area contributed by atoms with Crippen LogP contribution in [0.2, 0.25) is 0 Å². The Labute approximate surface area is 234 Å². The topological polar surface area (TPSA) is 443 Å². The number of piperidine rings is 1. The molecular formula is C19H27NO23. The number of Topliss-reactive ketones (excluding diaryl/α,β-unsaturated/α-hetero) is 1. The number of aliphatic hydroxyl groups is 20. The third kappa shape index (κ3) is 4.20. The summed E-state index contributed by atoms with van der Waals surface area (Å²) in [5.41, 5.74) is -18.1. The summed E-state index contributed by atoms with van der Waals surface area (Å²) in [5, 5.41) is 202. The molecule has 1 fully saturated rings. The highest BCUT2D eigenvalue weighted by atomic mass is 16.9. The molecular weight excluding hydrogens is 610 g/mol. The van der Waals surface area contributed by atoms with Crippen molar-refractivity contribution in [2.75, 3.05) is 13.7 Å². The lowest BCUT2D eigenvalue weighted by molar-refractivity contribution is -0.558. The zero-order valence-electron chi connectivity index (χ0n) is 21.0. The van der Waals surface area contributed by atoms with E-state index < -0.39 is 98.2 Å². The number of nitrogens with zero attached hydrogens (tertiary/aromatic N) is 1. The van der Waals surface area contributed by atoms with E-state index in [2.05, 4.69) is 4.74 Å². The summed E-state index contributed by atoms with van der Waals surface area (Å²) in [6.45, 7) is -2.63. The number of carbonyl (C=O) groups excluding carboxylic acids is 1. The maximum Gasteiger partial charge on any atom is 0.453 e. The van der Waals surface area contributed by atoms with Gasteiger partial charge in [0.2, 0.25) is 17.3 Å². The van der Waals surface area contributed by atoms with Crippen molar-refractivity contribution in [2.45, 2.75) is 58.3 Å². The van der Waals surface area contributed by atoms with Gasteiger partial charge >= 0.3 is 18.1 Å². The largest absolute Gasteiger partial charge is 0.493 e. The number of methoxy groups -OCH3 is 1. The van der Waals surface area contributed by atoms with Crippen LogP contribution in [0.15, 0.2) is 12.1 Å². The maximum atomic E-state index is 13.3. The van der Waals surface area contributed by atoms with Crippen molar-refractivity contribution in [3.05, 3.63) is 23.3 Å². The smallest absolute Gasteiger partial charge is 0.453 e. The molecule has 0 bridgehead atoms. The van der Waals surface area contributed by atoms with Gasteiger partial charge < -0.3 is 112 Å². The fourth-order valence-electron chi connectivity index (χ4n) is 4.87. The van der Waals surface area contributed by atoms with Gasteiger partial charge in [0.15, 0.2) is 17.1 Å². The summed E-state index contributed by atoms with van der Waals surface area (Å²) in [7, 11) is 0.788. The fraction of sp³-hybridized carbons (Fsp3) is 0.632. The van der Waals surface area contributed by atoms with Gasteiger partial charge in [-0.05, 0) is 12.1 Å². The Hall–Kier alpha value is -2.35. The summed E-state index contributed by atoms with van der Waals surface area (Å²) in [5.74, 6) is -35.7. The molecule has 1 aromatic carbocycles. The number of hydrogen-bond acceptors (Lipinski definition) is 24. The number of carbonyl (C=O) groups is 1. The lowest BCUT2D eigenvalue weighted by Gasteiger charge is -2.64. The van der Waals surface area contributed by atoms with Crippen LogP contribution >= 0.6 is 0 Å². The molecule has 2 atom stereocenters. The van der Waals surface area contributed by atoms with Crippen molar-refractivity contribution in [1.82, 2.24) is 4.90 Å². The Kier molecular flexibility index (Phi) is 7.44. The lowest BCUT2D eigenvalue weighted by Crippen LogP contribution is -2.92. The summed E-state index contributed by atoms with van der Waals surface area (Å²) < 4.78 is 9.02. The molecule has 43 heavy (non-hydrogen) atoms. The van der Waals surface area contributed by atoms with Crippen molar-refractivity contribution in [3.8, 4) is 11.5 Å². The van der Waals surface area contributed by atoms with E-state index in [1.165, 1.54) is 0 Å². The van der Waals surface area contributed by atoms with Gasteiger partial charge in [-0.1, -0.05) is 0 Å². The monoisotopic (exact) mass is 637 g/mol. The highest BCUT2D eigenvalue weighted by Crippen LogP contribution is 2.58. The molecule has 20 N–H and O–H groups in total. The Bertz CT molecular complexity index is 1290. The number of hydrogen-bond donors (Lipinski definition) is 20. The molecule has 2 unspecified atom stereocenters. The van der Waals surface area contributed by atoms with Crippen LogP contribution in [0.25, 0.3) is 0 Å². The third-order valence-corrected chi connectivity index (χ3v) is 7.15. The SMILES string of the molecule is COc1cc2c(cc1OC(O)(O)O)C1(O)N(CC(O)(C(O)(O)C(O)(C(O)(O)O)C(O)(O)O)C(=O)C1(O)O)C(O)(O)C2(O)O. The molecule has 0 amide bonds. The molecule has 24 heteroatoms. The van der Waals surface area contributed by atoms with Gasteiger partial charge in [-0.3, -0.25) is 4.79 Å². The first-order valence-electron chi connectivity index (χ1n) is 11.0. The Morgan fingerprint density at radius 1 is 0.698 bits per heavy atom. The van der Waals surface area contributed by atoms with Crippen LogP contribution in [0.4, 0.5) is 0 Å². The van der Waals surface area contributed by atoms with Gasteiger partial charge in [0, 0.05) is 17.7 Å².